The number of piperazine rings is 1. The van der Waals surface area contributed by atoms with Gasteiger partial charge < -0.3 is 15.1 Å². The SMILES string of the molecule is Cl.Cl.O=C(CN1CCNCC1)N1CCC(C(=O)N2CCCCCC2)CC1. The molecule has 3 saturated heterocycles. The van der Waals surface area contributed by atoms with E-state index in [9.17, 15) is 9.59 Å². The number of hydrogen-bond acceptors (Lipinski definition) is 4. The summed E-state index contributed by atoms with van der Waals surface area (Å²) in [5.41, 5.74) is 0. The lowest BCUT2D eigenvalue weighted by Crippen LogP contribution is -2.50. The lowest BCUT2D eigenvalue weighted by molar-refractivity contribution is -0.141. The van der Waals surface area contributed by atoms with E-state index in [1.54, 1.807) is 0 Å². The van der Waals surface area contributed by atoms with Gasteiger partial charge in [-0.2, -0.15) is 0 Å². The third-order valence-electron chi connectivity index (χ3n) is 5.68. The summed E-state index contributed by atoms with van der Waals surface area (Å²) in [6.45, 7) is 7.74. The minimum absolute atomic E-state index is 0. The molecule has 0 aromatic rings. The van der Waals surface area contributed by atoms with E-state index in [1.165, 1.54) is 12.8 Å². The largest absolute Gasteiger partial charge is 0.342 e. The lowest BCUT2D eigenvalue weighted by atomic mass is 9.95. The Morgan fingerprint density at radius 3 is 1.92 bits per heavy atom. The zero-order chi connectivity index (χ0) is 16.8. The molecule has 0 aliphatic carbocycles. The Balaban J connectivity index is 0.00000169. The Hall–Kier alpha value is -0.560. The van der Waals surface area contributed by atoms with Crippen molar-refractivity contribution in [2.24, 2.45) is 5.92 Å². The van der Waals surface area contributed by atoms with E-state index >= 15 is 0 Å². The van der Waals surface area contributed by atoms with E-state index in [1.807, 2.05) is 4.90 Å². The summed E-state index contributed by atoms with van der Waals surface area (Å²) in [6.07, 6.45) is 6.47. The van der Waals surface area contributed by atoms with Crippen molar-refractivity contribution in [1.29, 1.82) is 0 Å². The van der Waals surface area contributed by atoms with Gasteiger partial charge in [-0.25, -0.2) is 0 Å². The van der Waals surface area contributed by atoms with Crippen molar-refractivity contribution in [3.63, 3.8) is 0 Å². The molecule has 0 bridgehead atoms. The smallest absolute Gasteiger partial charge is 0.236 e. The van der Waals surface area contributed by atoms with Gasteiger partial charge in [0.15, 0.2) is 0 Å². The molecule has 0 saturated carbocycles. The highest BCUT2D eigenvalue weighted by atomic mass is 35.5. The summed E-state index contributed by atoms with van der Waals surface area (Å²) < 4.78 is 0. The van der Waals surface area contributed by atoms with E-state index in [0.29, 0.717) is 12.5 Å². The average molecular weight is 409 g/mol. The van der Waals surface area contributed by atoms with Gasteiger partial charge in [-0.1, -0.05) is 12.8 Å². The Morgan fingerprint density at radius 1 is 0.769 bits per heavy atom. The van der Waals surface area contributed by atoms with Crippen LogP contribution < -0.4 is 5.32 Å². The van der Waals surface area contributed by atoms with Crippen LogP contribution in [0.15, 0.2) is 0 Å². The summed E-state index contributed by atoms with van der Waals surface area (Å²) in [6, 6.07) is 0. The lowest BCUT2D eigenvalue weighted by Gasteiger charge is -2.35. The molecule has 0 aromatic carbocycles. The number of nitrogens with zero attached hydrogens (tertiary/aromatic N) is 3. The topological polar surface area (TPSA) is 55.9 Å². The summed E-state index contributed by atoms with van der Waals surface area (Å²) in [4.78, 5) is 31.4. The van der Waals surface area contributed by atoms with Crippen molar-refractivity contribution in [3.8, 4) is 0 Å². The molecule has 8 heteroatoms. The molecule has 1 N–H and O–H groups in total. The van der Waals surface area contributed by atoms with Crippen LogP contribution in [0, 0.1) is 5.92 Å². The van der Waals surface area contributed by atoms with Crippen LogP contribution in [0.4, 0.5) is 0 Å². The average Bonchev–Trinajstić information content (AvgIpc) is 2.91. The van der Waals surface area contributed by atoms with Crippen LogP contribution in [0.2, 0.25) is 0 Å². The second-order valence-electron chi connectivity index (χ2n) is 7.42. The van der Waals surface area contributed by atoms with Crippen LogP contribution in [-0.2, 0) is 9.59 Å². The zero-order valence-corrected chi connectivity index (χ0v) is 17.3. The minimum atomic E-state index is 0. The van der Waals surface area contributed by atoms with Gasteiger partial charge in [-0.15, -0.1) is 24.8 Å². The normalized spacial score (nSPS) is 22.8. The molecular formula is C18H34Cl2N4O2. The van der Waals surface area contributed by atoms with Gasteiger partial charge in [-0.05, 0) is 25.7 Å². The van der Waals surface area contributed by atoms with E-state index in [0.717, 1.165) is 78.0 Å². The first-order chi connectivity index (χ1) is 11.7. The highest BCUT2D eigenvalue weighted by molar-refractivity contribution is 5.85. The monoisotopic (exact) mass is 408 g/mol. The van der Waals surface area contributed by atoms with Gasteiger partial charge >= 0.3 is 0 Å². The number of rotatable bonds is 3. The second kappa shape index (κ2) is 12.0. The first kappa shape index (κ1) is 23.5. The fraction of sp³-hybridized carbons (Fsp3) is 0.889. The number of halogens is 2. The quantitative estimate of drug-likeness (QED) is 0.765. The summed E-state index contributed by atoms with van der Waals surface area (Å²) in [5.74, 6) is 0.704. The molecule has 2 amide bonds. The van der Waals surface area contributed by atoms with E-state index in [4.69, 9.17) is 0 Å². The number of piperidine rings is 1. The van der Waals surface area contributed by atoms with Gasteiger partial charge in [0.25, 0.3) is 0 Å². The molecule has 0 aromatic heterocycles. The third-order valence-corrected chi connectivity index (χ3v) is 5.68. The van der Waals surface area contributed by atoms with Crippen molar-refractivity contribution in [2.75, 3.05) is 58.9 Å². The van der Waals surface area contributed by atoms with Gasteiger partial charge in [0.1, 0.15) is 0 Å². The van der Waals surface area contributed by atoms with Crippen LogP contribution >= 0.6 is 24.8 Å². The van der Waals surface area contributed by atoms with Crippen molar-refractivity contribution in [3.05, 3.63) is 0 Å². The molecule has 152 valence electrons. The number of carbonyl (C=O) groups is 2. The Bertz CT molecular complexity index is 431. The second-order valence-corrected chi connectivity index (χ2v) is 7.42. The van der Waals surface area contributed by atoms with Gasteiger partial charge in [-0.3, -0.25) is 14.5 Å². The molecular weight excluding hydrogens is 375 g/mol. The van der Waals surface area contributed by atoms with Gasteiger partial charge in [0, 0.05) is 58.3 Å². The molecule has 3 aliphatic rings. The maximum absolute atomic E-state index is 12.7. The van der Waals surface area contributed by atoms with Crippen molar-refractivity contribution in [2.45, 2.75) is 38.5 Å². The molecule has 3 fully saturated rings. The first-order valence-electron chi connectivity index (χ1n) is 9.73. The maximum Gasteiger partial charge on any atom is 0.236 e. The molecule has 6 nitrogen and oxygen atoms in total. The van der Waals surface area contributed by atoms with Crippen LogP contribution in [0.3, 0.4) is 0 Å². The van der Waals surface area contributed by atoms with E-state index < -0.39 is 0 Å². The van der Waals surface area contributed by atoms with Crippen LogP contribution in [-0.4, -0.2) is 85.4 Å². The fourth-order valence-corrected chi connectivity index (χ4v) is 4.09. The summed E-state index contributed by atoms with van der Waals surface area (Å²) in [7, 11) is 0. The molecule has 3 rings (SSSR count). The molecule has 0 unspecified atom stereocenters. The Morgan fingerprint density at radius 2 is 1.35 bits per heavy atom. The van der Waals surface area contributed by atoms with Crippen LogP contribution in [0.5, 0.6) is 0 Å². The predicted molar refractivity (Wildman–Crippen MR) is 108 cm³/mol. The fourth-order valence-electron chi connectivity index (χ4n) is 4.09. The standard InChI is InChI=1S/C18H32N4O2.2ClH/c23-17(15-20-13-7-19-8-14-20)21-11-5-16(6-12-21)18(24)22-9-3-1-2-4-10-22;;/h16,19H,1-15H2;2*1H. The maximum atomic E-state index is 12.7. The third kappa shape index (κ3) is 6.55. The zero-order valence-electron chi connectivity index (χ0n) is 15.7. The molecule has 3 heterocycles. The van der Waals surface area contributed by atoms with Crippen molar-refractivity contribution in [1.82, 2.24) is 20.0 Å². The number of carbonyl (C=O) groups excluding carboxylic acids is 2. The van der Waals surface area contributed by atoms with Crippen LogP contribution in [0.25, 0.3) is 0 Å². The van der Waals surface area contributed by atoms with Crippen molar-refractivity contribution < 1.29 is 9.59 Å². The molecule has 26 heavy (non-hydrogen) atoms. The van der Waals surface area contributed by atoms with E-state index in [-0.39, 0.29) is 36.6 Å². The number of likely N-dealkylation sites (tertiary alicyclic amines) is 2. The summed E-state index contributed by atoms with van der Waals surface area (Å²) >= 11 is 0. The summed E-state index contributed by atoms with van der Waals surface area (Å²) in [5, 5.41) is 3.31. The molecule has 0 spiro atoms. The molecule has 3 aliphatic heterocycles. The number of nitrogens with one attached hydrogen (secondary N) is 1. The predicted octanol–water partition coefficient (Wildman–Crippen LogP) is 1.38. The number of hydrogen-bond donors (Lipinski definition) is 1. The Kier molecular flexibility index (Phi) is 10.8. The minimum Gasteiger partial charge on any atom is -0.342 e. The number of amides is 2. The highest BCUT2D eigenvalue weighted by Crippen LogP contribution is 2.22. The van der Waals surface area contributed by atoms with Gasteiger partial charge in [0.05, 0.1) is 6.54 Å². The molecule has 0 radical (unpaired) electrons. The van der Waals surface area contributed by atoms with E-state index in [2.05, 4.69) is 15.1 Å². The first-order valence-corrected chi connectivity index (χ1v) is 9.73. The van der Waals surface area contributed by atoms with Gasteiger partial charge in [0.2, 0.25) is 11.8 Å². The highest BCUT2D eigenvalue weighted by Gasteiger charge is 2.30. The van der Waals surface area contributed by atoms with Crippen LogP contribution in [0.1, 0.15) is 38.5 Å². The Labute approximate surface area is 169 Å². The molecule has 0 atom stereocenters. The van der Waals surface area contributed by atoms with Crippen molar-refractivity contribution >= 4 is 36.6 Å².